The van der Waals surface area contributed by atoms with E-state index in [4.69, 9.17) is 9.47 Å². The fourth-order valence-electron chi connectivity index (χ4n) is 2.35. The van der Waals surface area contributed by atoms with Crippen LogP contribution in [0.4, 0.5) is 0 Å². The first-order valence-electron chi connectivity index (χ1n) is 8.07. The van der Waals surface area contributed by atoms with Crippen LogP contribution in [0.3, 0.4) is 0 Å². The molecule has 1 aromatic rings. The number of rotatable bonds is 8. The highest BCUT2D eigenvalue weighted by Crippen LogP contribution is 2.17. The molecule has 124 valence electrons. The van der Waals surface area contributed by atoms with Gasteiger partial charge in [-0.3, -0.25) is 4.99 Å². The van der Waals surface area contributed by atoms with Crippen molar-refractivity contribution in [3.05, 3.63) is 22.4 Å². The number of thiophene rings is 1. The molecule has 2 atom stereocenters. The van der Waals surface area contributed by atoms with Crippen molar-refractivity contribution >= 4 is 17.3 Å². The molecule has 2 rings (SSSR count). The Bertz CT molecular complexity index is 431. The first-order chi connectivity index (χ1) is 10.8. The Morgan fingerprint density at radius 3 is 3.18 bits per heavy atom. The molecule has 1 aliphatic heterocycles. The molecule has 1 aliphatic rings. The number of ether oxygens (including phenoxy) is 2. The average Bonchev–Trinajstić information content (AvgIpc) is 3.20. The summed E-state index contributed by atoms with van der Waals surface area (Å²) in [6, 6.07) is 4.46. The third kappa shape index (κ3) is 5.94. The van der Waals surface area contributed by atoms with Crippen molar-refractivity contribution in [3.8, 4) is 0 Å². The Hall–Kier alpha value is -1.11. The summed E-state index contributed by atoms with van der Waals surface area (Å²) in [5, 5.41) is 8.79. The first-order valence-corrected chi connectivity index (χ1v) is 8.95. The molecule has 22 heavy (non-hydrogen) atoms. The van der Waals surface area contributed by atoms with Crippen LogP contribution in [0, 0.1) is 0 Å². The molecule has 0 saturated carbocycles. The fourth-order valence-corrected chi connectivity index (χ4v) is 3.08. The Morgan fingerprint density at radius 2 is 2.50 bits per heavy atom. The van der Waals surface area contributed by atoms with Crippen LogP contribution in [0.15, 0.2) is 22.5 Å². The van der Waals surface area contributed by atoms with Crippen molar-refractivity contribution in [1.29, 1.82) is 0 Å². The quantitative estimate of drug-likeness (QED) is 0.438. The summed E-state index contributed by atoms with van der Waals surface area (Å²) in [4.78, 5) is 5.87. The molecule has 0 amide bonds. The Balaban J connectivity index is 1.69. The SMILES string of the molecule is CCNC(=NCCOCC1CCCO1)NC(C)c1cccs1. The number of aliphatic imine (C=N–C) groups is 1. The maximum atomic E-state index is 5.64. The summed E-state index contributed by atoms with van der Waals surface area (Å²) in [6.45, 7) is 7.91. The van der Waals surface area contributed by atoms with E-state index in [1.54, 1.807) is 11.3 Å². The predicted octanol–water partition coefficient (Wildman–Crippen LogP) is 2.56. The van der Waals surface area contributed by atoms with Crippen molar-refractivity contribution in [2.45, 2.75) is 38.8 Å². The number of guanidine groups is 1. The van der Waals surface area contributed by atoms with Crippen molar-refractivity contribution in [1.82, 2.24) is 10.6 Å². The fraction of sp³-hybridized carbons (Fsp3) is 0.688. The maximum absolute atomic E-state index is 5.64. The van der Waals surface area contributed by atoms with E-state index in [-0.39, 0.29) is 12.1 Å². The zero-order chi connectivity index (χ0) is 15.6. The summed E-state index contributed by atoms with van der Waals surface area (Å²) in [7, 11) is 0. The maximum Gasteiger partial charge on any atom is 0.191 e. The van der Waals surface area contributed by atoms with Gasteiger partial charge < -0.3 is 20.1 Å². The van der Waals surface area contributed by atoms with E-state index in [1.165, 1.54) is 4.88 Å². The molecule has 0 aromatic carbocycles. The Kier molecular flexibility index (Phi) is 7.70. The van der Waals surface area contributed by atoms with Gasteiger partial charge >= 0.3 is 0 Å². The van der Waals surface area contributed by atoms with Gasteiger partial charge in [-0.05, 0) is 38.1 Å². The minimum atomic E-state index is 0.255. The highest BCUT2D eigenvalue weighted by molar-refractivity contribution is 7.10. The van der Waals surface area contributed by atoms with Gasteiger partial charge in [0.05, 0.1) is 31.9 Å². The van der Waals surface area contributed by atoms with Crippen LogP contribution in [-0.4, -0.2) is 45.0 Å². The third-order valence-corrected chi connectivity index (χ3v) is 4.56. The van der Waals surface area contributed by atoms with Crippen LogP contribution in [0.5, 0.6) is 0 Å². The highest BCUT2D eigenvalue weighted by atomic mass is 32.1. The Labute approximate surface area is 137 Å². The van der Waals surface area contributed by atoms with Gasteiger partial charge in [0, 0.05) is 18.0 Å². The van der Waals surface area contributed by atoms with E-state index >= 15 is 0 Å². The molecule has 5 nitrogen and oxygen atoms in total. The van der Waals surface area contributed by atoms with Crippen LogP contribution in [-0.2, 0) is 9.47 Å². The number of nitrogens with one attached hydrogen (secondary N) is 2. The van der Waals surface area contributed by atoms with E-state index in [9.17, 15) is 0 Å². The normalized spacial score (nSPS) is 20.1. The number of hydrogen-bond donors (Lipinski definition) is 2. The third-order valence-electron chi connectivity index (χ3n) is 3.50. The van der Waals surface area contributed by atoms with E-state index in [1.807, 2.05) is 0 Å². The molecule has 0 spiro atoms. The molecular weight excluding hydrogens is 298 g/mol. The van der Waals surface area contributed by atoms with Crippen molar-refractivity contribution in [3.63, 3.8) is 0 Å². The lowest BCUT2D eigenvalue weighted by Crippen LogP contribution is -2.38. The van der Waals surface area contributed by atoms with Crippen LogP contribution >= 0.6 is 11.3 Å². The molecule has 0 bridgehead atoms. The lowest BCUT2D eigenvalue weighted by Gasteiger charge is -2.16. The van der Waals surface area contributed by atoms with Gasteiger partial charge in [0.15, 0.2) is 5.96 Å². The van der Waals surface area contributed by atoms with Crippen LogP contribution in [0.1, 0.15) is 37.6 Å². The molecule has 1 fully saturated rings. The molecule has 6 heteroatoms. The molecule has 1 saturated heterocycles. The lowest BCUT2D eigenvalue weighted by molar-refractivity contribution is 0.0200. The van der Waals surface area contributed by atoms with E-state index in [2.05, 4.69) is 47.0 Å². The van der Waals surface area contributed by atoms with Crippen LogP contribution in [0.2, 0.25) is 0 Å². The second-order valence-electron chi connectivity index (χ2n) is 5.35. The number of hydrogen-bond acceptors (Lipinski definition) is 4. The van der Waals surface area contributed by atoms with Crippen molar-refractivity contribution in [2.75, 3.05) is 32.9 Å². The second kappa shape index (κ2) is 9.82. The molecular formula is C16H27N3O2S. The van der Waals surface area contributed by atoms with Gasteiger partial charge in [0.2, 0.25) is 0 Å². The van der Waals surface area contributed by atoms with Crippen molar-refractivity contribution < 1.29 is 9.47 Å². The van der Waals surface area contributed by atoms with E-state index < -0.39 is 0 Å². The molecule has 1 aromatic heterocycles. The summed E-state index contributed by atoms with van der Waals surface area (Å²) in [5.41, 5.74) is 0. The second-order valence-corrected chi connectivity index (χ2v) is 6.33. The highest BCUT2D eigenvalue weighted by Gasteiger charge is 2.15. The smallest absolute Gasteiger partial charge is 0.191 e. The molecule has 0 radical (unpaired) electrons. The zero-order valence-corrected chi connectivity index (χ0v) is 14.3. The first kappa shape index (κ1) is 17.2. The van der Waals surface area contributed by atoms with Gasteiger partial charge in [0.25, 0.3) is 0 Å². The standard InChI is InChI=1S/C16H27N3O2S/c1-3-17-16(19-13(2)15-7-5-11-22-15)18-8-10-20-12-14-6-4-9-21-14/h5,7,11,13-14H,3-4,6,8-10,12H2,1-2H3,(H2,17,18,19). The zero-order valence-electron chi connectivity index (χ0n) is 13.5. The average molecular weight is 325 g/mol. The van der Waals surface area contributed by atoms with E-state index in [0.717, 1.165) is 32.0 Å². The predicted molar refractivity (Wildman–Crippen MR) is 91.6 cm³/mol. The van der Waals surface area contributed by atoms with Gasteiger partial charge in [-0.1, -0.05) is 6.07 Å². The monoisotopic (exact) mass is 325 g/mol. The topological polar surface area (TPSA) is 54.9 Å². The summed E-state index contributed by atoms with van der Waals surface area (Å²) in [6.07, 6.45) is 2.56. The van der Waals surface area contributed by atoms with Crippen LogP contribution in [0.25, 0.3) is 0 Å². The van der Waals surface area contributed by atoms with Gasteiger partial charge in [-0.2, -0.15) is 0 Å². The summed E-state index contributed by atoms with van der Waals surface area (Å²) >= 11 is 1.75. The van der Waals surface area contributed by atoms with Crippen LogP contribution < -0.4 is 10.6 Å². The van der Waals surface area contributed by atoms with Gasteiger partial charge in [-0.25, -0.2) is 0 Å². The molecule has 2 N–H and O–H groups in total. The van der Waals surface area contributed by atoms with Gasteiger partial charge in [0.1, 0.15) is 0 Å². The minimum absolute atomic E-state index is 0.255. The summed E-state index contributed by atoms with van der Waals surface area (Å²) < 4.78 is 11.2. The lowest BCUT2D eigenvalue weighted by atomic mass is 10.2. The largest absolute Gasteiger partial charge is 0.377 e. The molecule has 0 aliphatic carbocycles. The van der Waals surface area contributed by atoms with E-state index in [0.29, 0.717) is 19.8 Å². The summed E-state index contributed by atoms with van der Waals surface area (Å²) in [5.74, 6) is 0.837. The van der Waals surface area contributed by atoms with Crippen molar-refractivity contribution in [2.24, 2.45) is 4.99 Å². The molecule has 2 heterocycles. The number of nitrogens with zero attached hydrogens (tertiary/aromatic N) is 1. The molecule has 2 unspecified atom stereocenters. The van der Waals surface area contributed by atoms with Gasteiger partial charge in [-0.15, -0.1) is 11.3 Å². The minimum Gasteiger partial charge on any atom is -0.377 e. The Morgan fingerprint density at radius 1 is 1.59 bits per heavy atom.